The summed E-state index contributed by atoms with van der Waals surface area (Å²) in [7, 11) is 1.91. The van der Waals surface area contributed by atoms with Crippen molar-refractivity contribution in [1.82, 2.24) is 9.97 Å². The number of amides is 2. The summed E-state index contributed by atoms with van der Waals surface area (Å²) in [6, 6.07) is 33.6. The van der Waals surface area contributed by atoms with Crippen LogP contribution in [0.2, 0.25) is 0 Å². The van der Waals surface area contributed by atoms with Crippen LogP contribution in [0, 0.1) is 11.2 Å². The first-order valence-electron chi connectivity index (χ1n) is 15.8. The van der Waals surface area contributed by atoms with E-state index in [1.165, 1.54) is 12.1 Å². The topological polar surface area (TPSA) is 79.8 Å². The summed E-state index contributed by atoms with van der Waals surface area (Å²) >= 11 is 0. The lowest BCUT2D eigenvalue weighted by Crippen LogP contribution is -2.71. The summed E-state index contributed by atoms with van der Waals surface area (Å²) in [5, 5.41) is 3.19. The molecular formula is C38H40FN5O3Si. The van der Waals surface area contributed by atoms with Crippen LogP contribution in [0.4, 0.5) is 32.3 Å². The summed E-state index contributed by atoms with van der Waals surface area (Å²) in [4.78, 5) is 28.3. The molecule has 4 aromatic carbocycles. The maximum absolute atomic E-state index is 15.2. The Morgan fingerprint density at radius 2 is 1.42 bits per heavy atom. The van der Waals surface area contributed by atoms with Crippen molar-refractivity contribution in [3.05, 3.63) is 138 Å². The number of nitrogens with zero attached hydrogens (tertiary/aromatic N) is 4. The van der Waals surface area contributed by atoms with E-state index >= 15 is 4.79 Å². The van der Waals surface area contributed by atoms with Crippen LogP contribution in [0.1, 0.15) is 44.4 Å². The van der Waals surface area contributed by atoms with Crippen LogP contribution in [0.25, 0.3) is 0 Å². The second kappa shape index (κ2) is 12.9. The smallest absolute Gasteiger partial charge is 0.332 e. The minimum Gasteiger partial charge on any atom is -0.497 e. The number of carbonyl (C=O) groups excluding carboxylic acids is 1. The molecule has 2 heterocycles. The number of urea groups is 1. The van der Waals surface area contributed by atoms with Crippen LogP contribution in [-0.2, 0) is 16.4 Å². The van der Waals surface area contributed by atoms with Gasteiger partial charge >= 0.3 is 6.03 Å². The zero-order valence-corrected chi connectivity index (χ0v) is 30.1. The van der Waals surface area contributed by atoms with Crippen molar-refractivity contribution in [3.8, 4) is 5.75 Å². The van der Waals surface area contributed by atoms with Crippen LogP contribution in [-0.4, -0.2) is 39.3 Å². The SMILES string of the molecule is COc1ccc(N2Cc3cnc(Nc4ccc(F)cc4)nc3N(C(C)(O[SiH3])C(c3ccccc3)(c3ccccc3)C(C)(C)C)C2=O)cc1. The van der Waals surface area contributed by atoms with Gasteiger partial charge in [0.1, 0.15) is 27.9 Å². The Morgan fingerprint density at radius 1 is 0.833 bits per heavy atom. The molecule has 1 aliphatic heterocycles. The van der Waals surface area contributed by atoms with Gasteiger partial charge in [0, 0.05) is 23.1 Å². The Hall–Kier alpha value is -5.06. The van der Waals surface area contributed by atoms with Gasteiger partial charge in [0.25, 0.3) is 0 Å². The summed E-state index contributed by atoms with van der Waals surface area (Å²) < 4.78 is 26.0. The first-order valence-corrected chi connectivity index (χ1v) is 16.7. The molecule has 0 fully saturated rings. The van der Waals surface area contributed by atoms with Gasteiger partial charge in [-0.05, 0) is 72.0 Å². The molecule has 0 aliphatic carbocycles. The average Bonchev–Trinajstić information content (AvgIpc) is 3.09. The predicted octanol–water partition coefficient (Wildman–Crippen LogP) is 7.36. The maximum Gasteiger partial charge on any atom is 0.332 e. The number of halogens is 1. The van der Waals surface area contributed by atoms with E-state index in [9.17, 15) is 4.39 Å². The Bertz CT molecular complexity index is 1850. The van der Waals surface area contributed by atoms with Gasteiger partial charge < -0.3 is 14.5 Å². The quantitative estimate of drug-likeness (QED) is 0.166. The third-order valence-corrected chi connectivity index (χ3v) is 10.1. The van der Waals surface area contributed by atoms with Crippen LogP contribution < -0.4 is 19.9 Å². The van der Waals surface area contributed by atoms with Crippen molar-refractivity contribution in [2.24, 2.45) is 5.41 Å². The average molecular weight is 662 g/mol. The van der Waals surface area contributed by atoms with E-state index < -0.39 is 16.6 Å². The van der Waals surface area contributed by atoms with Crippen molar-refractivity contribution in [1.29, 1.82) is 0 Å². The molecule has 48 heavy (non-hydrogen) atoms. The largest absolute Gasteiger partial charge is 0.497 e. The molecule has 10 heteroatoms. The third kappa shape index (κ3) is 5.50. The monoisotopic (exact) mass is 661 g/mol. The van der Waals surface area contributed by atoms with Crippen molar-refractivity contribution in [2.45, 2.75) is 45.4 Å². The van der Waals surface area contributed by atoms with Crippen molar-refractivity contribution >= 4 is 39.7 Å². The number of ether oxygens (including phenoxy) is 1. The van der Waals surface area contributed by atoms with Crippen LogP contribution >= 0.6 is 0 Å². The molecule has 5 aromatic rings. The van der Waals surface area contributed by atoms with E-state index in [1.54, 1.807) is 35.2 Å². The van der Waals surface area contributed by atoms with Gasteiger partial charge in [0.05, 0.1) is 19.1 Å². The minimum absolute atomic E-state index is 0.240. The minimum atomic E-state index is -1.31. The molecule has 2 amide bonds. The molecular weight excluding hydrogens is 622 g/mol. The van der Waals surface area contributed by atoms with Gasteiger partial charge in [-0.1, -0.05) is 81.4 Å². The van der Waals surface area contributed by atoms with Gasteiger partial charge in [-0.3, -0.25) is 4.90 Å². The molecule has 0 radical (unpaired) electrons. The summed E-state index contributed by atoms with van der Waals surface area (Å²) in [5.41, 5.74) is 1.33. The standard InChI is InChI=1S/C38H40FN5O3Si/c1-36(2,3)38(27-12-8-6-9-13-27,28-14-10-7-11-15-28)37(4,47-48)44-33-26(24-40-34(42-33)41-30-18-16-29(39)17-19-30)25-43(35(44)45)31-20-22-32(46-5)23-21-31/h6-24H,25H2,1-5,48H3,(H,40,41,42). The normalized spacial score (nSPS) is 14.8. The Labute approximate surface area is 284 Å². The molecule has 1 aromatic heterocycles. The highest BCUT2D eigenvalue weighted by atomic mass is 28.2. The molecule has 0 saturated heterocycles. The van der Waals surface area contributed by atoms with Crippen molar-refractivity contribution in [3.63, 3.8) is 0 Å². The second-order valence-electron chi connectivity index (χ2n) is 13.0. The maximum atomic E-state index is 15.2. The lowest BCUT2D eigenvalue weighted by molar-refractivity contribution is -0.0243. The lowest BCUT2D eigenvalue weighted by atomic mass is 9.53. The third-order valence-electron chi connectivity index (χ3n) is 9.35. The number of fused-ring (bicyclic) bond motifs is 1. The van der Waals surface area contributed by atoms with Gasteiger partial charge in [0.2, 0.25) is 5.95 Å². The van der Waals surface area contributed by atoms with E-state index in [1.807, 2.05) is 67.6 Å². The summed E-state index contributed by atoms with van der Waals surface area (Å²) in [6.45, 7) is 8.79. The number of hydrogen-bond donors (Lipinski definition) is 1. The molecule has 6 rings (SSSR count). The van der Waals surface area contributed by atoms with E-state index in [4.69, 9.17) is 14.1 Å². The number of carbonyl (C=O) groups is 1. The van der Waals surface area contributed by atoms with Crippen LogP contribution in [0.5, 0.6) is 5.75 Å². The molecule has 1 unspecified atom stereocenters. The zero-order valence-electron chi connectivity index (χ0n) is 28.1. The van der Waals surface area contributed by atoms with Gasteiger partial charge in [-0.15, -0.1) is 0 Å². The molecule has 8 nitrogen and oxygen atoms in total. The molecule has 1 N–H and O–H groups in total. The predicted molar refractivity (Wildman–Crippen MR) is 191 cm³/mol. The number of nitrogens with one attached hydrogen (secondary N) is 1. The van der Waals surface area contributed by atoms with Gasteiger partial charge in [-0.25, -0.2) is 19.1 Å². The highest BCUT2D eigenvalue weighted by Crippen LogP contribution is 2.57. The molecule has 246 valence electrons. The van der Waals surface area contributed by atoms with Gasteiger partial charge in [-0.2, -0.15) is 4.98 Å². The van der Waals surface area contributed by atoms with E-state index in [2.05, 4.69) is 55.3 Å². The number of methoxy groups -OCH3 is 1. The molecule has 0 saturated carbocycles. The fourth-order valence-electron chi connectivity index (χ4n) is 7.28. The number of rotatable bonds is 9. The number of aromatic nitrogens is 2. The fraction of sp³-hybridized carbons (Fsp3) is 0.237. The van der Waals surface area contributed by atoms with E-state index in [0.29, 0.717) is 33.4 Å². The molecule has 1 aliphatic rings. The number of hydrogen-bond acceptors (Lipinski definition) is 6. The Balaban J connectivity index is 1.62. The molecule has 0 bridgehead atoms. The second-order valence-corrected chi connectivity index (χ2v) is 13.4. The Kier molecular flexibility index (Phi) is 8.80. The molecule has 0 spiro atoms. The van der Waals surface area contributed by atoms with Crippen LogP contribution in [0.15, 0.2) is 115 Å². The summed E-state index contributed by atoms with van der Waals surface area (Å²) in [5.74, 6) is 1.05. The van der Waals surface area contributed by atoms with Crippen molar-refractivity contribution < 1.29 is 18.3 Å². The van der Waals surface area contributed by atoms with E-state index in [0.717, 1.165) is 16.7 Å². The lowest BCUT2D eigenvalue weighted by Gasteiger charge is -2.60. The van der Waals surface area contributed by atoms with E-state index in [-0.39, 0.29) is 24.3 Å². The zero-order chi connectivity index (χ0) is 34.1. The van der Waals surface area contributed by atoms with Crippen molar-refractivity contribution in [2.75, 3.05) is 22.2 Å². The number of benzene rings is 4. The molecule has 1 atom stereocenters. The Morgan fingerprint density at radius 3 is 1.94 bits per heavy atom. The van der Waals surface area contributed by atoms with Crippen LogP contribution in [0.3, 0.4) is 0 Å². The highest BCUT2D eigenvalue weighted by molar-refractivity contribution is 6.07. The number of anilines is 4. The summed E-state index contributed by atoms with van der Waals surface area (Å²) in [6.07, 6.45) is 1.74. The fourth-order valence-corrected chi connectivity index (χ4v) is 7.76. The van der Waals surface area contributed by atoms with Gasteiger partial charge in [0.15, 0.2) is 5.72 Å². The first kappa shape index (κ1) is 32.9. The highest BCUT2D eigenvalue weighted by Gasteiger charge is 2.63. The first-order chi connectivity index (χ1) is 23.0.